The second-order valence-corrected chi connectivity index (χ2v) is 13.1. The maximum atomic E-state index is 14.3. The average Bonchev–Trinajstić information content (AvgIpc) is 3.47. The number of rotatable bonds is 9. The van der Waals surface area contributed by atoms with Gasteiger partial charge in [0.1, 0.15) is 18.1 Å². The quantitative estimate of drug-likeness (QED) is 0.304. The number of benzene rings is 3. The summed E-state index contributed by atoms with van der Waals surface area (Å²) >= 11 is 0. The van der Waals surface area contributed by atoms with Crippen molar-refractivity contribution in [1.82, 2.24) is 24.6 Å². The zero-order chi connectivity index (χ0) is 30.5. The normalized spacial score (nSPS) is 17.3. The third-order valence-corrected chi connectivity index (χ3v) is 10.2. The Balaban J connectivity index is 1.39. The second-order valence-electron chi connectivity index (χ2n) is 11.2. The van der Waals surface area contributed by atoms with Gasteiger partial charge in [0.05, 0.1) is 23.6 Å². The molecule has 2 fully saturated rings. The van der Waals surface area contributed by atoms with Crippen molar-refractivity contribution in [2.75, 3.05) is 31.2 Å². The van der Waals surface area contributed by atoms with Crippen molar-refractivity contribution in [3.05, 3.63) is 84.4 Å². The highest BCUT2D eigenvalue weighted by molar-refractivity contribution is 7.89. The van der Waals surface area contributed by atoms with Crippen LogP contribution < -0.4 is 10.2 Å². The number of para-hydroxylation sites is 1. The van der Waals surface area contributed by atoms with Gasteiger partial charge in [-0.05, 0) is 54.8 Å². The van der Waals surface area contributed by atoms with Crippen LogP contribution >= 0.6 is 0 Å². The number of ether oxygens (including phenoxy) is 1. The third-order valence-electron chi connectivity index (χ3n) is 8.27. The molecule has 2 aliphatic rings. The number of amides is 2. The highest BCUT2D eigenvalue weighted by Crippen LogP contribution is 2.31. The van der Waals surface area contributed by atoms with E-state index in [0.29, 0.717) is 35.5 Å². The highest BCUT2D eigenvalue weighted by Gasteiger charge is 2.35. The molecule has 1 aromatic heterocycles. The van der Waals surface area contributed by atoms with Crippen LogP contribution in [-0.2, 0) is 30.9 Å². The fraction of sp³-hybridized carbons (Fsp3) is 0.375. The molecular weight excluding hydrogens is 580 g/mol. The first-order valence-corrected chi connectivity index (χ1v) is 16.5. The number of hydrogen-bond acceptors (Lipinski definition) is 7. The highest BCUT2D eigenvalue weighted by atomic mass is 32.2. The number of morpholine rings is 1. The van der Waals surface area contributed by atoms with Crippen molar-refractivity contribution in [3.8, 4) is 0 Å². The van der Waals surface area contributed by atoms with Crippen LogP contribution in [0.2, 0.25) is 0 Å². The molecule has 2 heterocycles. The maximum Gasteiger partial charge on any atom is 0.249 e. The fourth-order valence-electron chi connectivity index (χ4n) is 5.97. The molecule has 44 heavy (non-hydrogen) atoms. The Hall–Kier alpha value is -4.13. The fourth-order valence-corrected chi connectivity index (χ4v) is 7.38. The van der Waals surface area contributed by atoms with Crippen LogP contribution in [0.15, 0.2) is 83.8 Å². The molecule has 1 atom stereocenters. The summed E-state index contributed by atoms with van der Waals surface area (Å²) in [5.41, 5.74) is 2.38. The van der Waals surface area contributed by atoms with Gasteiger partial charge in [0.15, 0.2) is 0 Å². The number of nitrogens with zero attached hydrogens (tertiary/aromatic N) is 5. The summed E-state index contributed by atoms with van der Waals surface area (Å²) in [6, 6.07) is 21.7. The number of anilines is 1. The molecule has 1 saturated carbocycles. The summed E-state index contributed by atoms with van der Waals surface area (Å²) in [4.78, 5) is 30.0. The predicted octanol–water partition coefficient (Wildman–Crippen LogP) is 3.68. The van der Waals surface area contributed by atoms with E-state index >= 15 is 0 Å². The smallest absolute Gasteiger partial charge is 0.249 e. The van der Waals surface area contributed by atoms with E-state index < -0.39 is 22.0 Å². The Kier molecular flexibility index (Phi) is 9.01. The Morgan fingerprint density at radius 3 is 2.32 bits per heavy atom. The van der Waals surface area contributed by atoms with Crippen LogP contribution in [-0.4, -0.2) is 71.9 Å². The van der Waals surface area contributed by atoms with Crippen LogP contribution in [0.1, 0.15) is 43.7 Å². The number of carbonyl (C=O) groups is 2. The SMILES string of the molecule is O=C(NC1CCCCC1)[C@H](c1ccccc1)N(C(=O)Cn1nnc2ccccc21)c1ccc(S(=O)(=O)N2CCOCC2)cc1. The molecular formula is C32H36N6O5S. The van der Waals surface area contributed by atoms with Gasteiger partial charge in [-0.3, -0.25) is 14.5 Å². The van der Waals surface area contributed by atoms with Gasteiger partial charge in [0, 0.05) is 24.8 Å². The summed E-state index contributed by atoms with van der Waals surface area (Å²) in [5.74, 6) is -0.679. The lowest BCUT2D eigenvalue weighted by Crippen LogP contribution is -2.48. The van der Waals surface area contributed by atoms with E-state index in [4.69, 9.17) is 4.74 Å². The third kappa shape index (κ3) is 6.37. The van der Waals surface area contributed by atoms with E-state index in [2.05, 4.69) is 15.6 Å². The molecule has 1 aliphatic heterocycles. The van der Waals surface area contributed by atoms with Crippen molar-refractivity contribution in [2.24, 2.45) is 0 Å². The lowest BCUT2D eigenvalue weighted by molar-refractivity contribution is -0.127. The molecule has 0 bridgehead atoms. The zero-order valence-corrected chi connectivity index (χ0v) is 25.2. The first-order valence-electron chi connectivity index (χ1n) is 15.1. The number of sulfonamides is 1. The minimum atomic E-state index is -3.75. The summed E-state index contributed by atoms with van der Waals surface area (Å²) in [6.07, 6.45) is 5.01. The molecule has 4 aromatic rings. The van der Waals surface area contributed by atoms with E-state index in [1.807, 2.05) is 54.6 Å². The van der Waals surface area contributed by atoms with Crippen LogP contribution in [0.25, 0.3) is 11.0 Å². The second kappa shape index (κ2) is 13.2. The van der Waals surface area contributed by atoms with Crippen molar-refractivity contribution < 1.29 is 22.7 Å². The molecule has 12 heteroatoms. The molecule has 0 radical (unpaired) electrons. The lowest BCUT2D eigenvalue weighted by Gasteiger charge is -2.33. The van der Waals surface area contributed by atoms with Crippen LogP contribution in [0.4, 0.5) is 5.69 Å². The number of fused-ring (bicyclic) bond motifs is 1. The minimum absolute atomic E-state index is 0.0275. The topological polar surface area (TPSA) is 127 Å². The standard InChI is InChI=1S/C32H36N6O5S/c39-30(23-37-29-14-8-7-13-28(29)34-35-37)38(26-15-17-27(18-16-26)44(41,42)36-19-21-43-22-20-36)31(24-9-3-1-4-10-24)32(40)33-25-11-5-2-6-12-25/h1,3-4,7-10,13-18,25,31H,2,5-6,11-12,19-23H2,(H,33,40)/t31-/m0/s1. The van der Waals surface area contributed by atoms with Gasteiger partial charge in [-0.25, -0.2) is 13.1 Å². The largest absolute Gasteiger partial charge is 0.379 e. The molecule has 1 N–H and O–H groups in total. The average molecular weight is 617 g/mol. The maximum absolute atomic E-state index is 14.3. The van der Waals surface area contributed by atoms with Gasteiger partial charge in [-0.15, -0.1) is 5.10 Å². The first kappa shape index (κ1) is 29.9. The number of carbonyl (C=O) groups excluding carboxylic acids is 2. The van der Waals surface area contributed by atoms with E-state index in [1.165, 1.54) is 26.0 Å². The van der Waals surface area contributed by atoms with Gasteiger partial charge < -0.3 is 10.1 Å². The molecule has 230 valence electrons. The van der Waals surface area contributed by atoms with Gasteiger partial charge in [0.2, 0.25) is 21.8 Å². The number of hydrogen-bond donors (Lipinski definition) is 1. The summed E-state index contributed by atoms with van der Waals surface area (Å²) in [5, 5.41) is 11.6. The van der Waals surface area contributed by atoms with Crippen molar-refractivity contribution in [3.63, 3.8) is 0 Å². The molecule has 11 nitrogen and oxygen atoms in total. The van der Waals surface area contributed by atoms with Crippen LogP contribution in [0.3, 0.4) is 0 Å². The van der Waals surface area contributed by atoms with Gasteiger partial charge >= 0.3 is 0 Å². The van der Waals surface area contributed by atoms with Gasteiger partial charge in [-0.1, -0.05) is 66.9 Å². The van der Waals surface area contributed by atoms with E-state index in [0.717, 1.165) is 32.1 Å². The van der Waals surface area contributed by atoms with Crippen LogP contribution in [0.5, 0.6) is 0 Å². The Labute approximate surface area is 256 Å². The Morgan fingerprint density at radius 1 is 0.909 bits per heavy atom. The molecule has 6 rings (SSSR count). The predicted molar refractivity (Wildman–Crippen MR) is 165 cm³/mol. The van der Waals surface area contributed by atoms with Crippen molar-refractivity contribution in [1.29, 1.82) is 0 Å². The summed E-state index contributed by atoms with van der Waals surface area (Å²) in [7, 11) is -3.75. The van der Waals surface area contributed by atoms with Gasteiger partial charge in [0.25, 0.3) is 0 Å². The first-order chi connectivity index (χ1) is 21.4. The minimum Gasteiger partial charge on any atom is -0.379 e. The van der Waals surface area contributed by atoms with Gasteiger partial charge in [-0.2, -0.15) is 4.31 Å². The van der Waals surface area contributed by atoms with E-state index in [1.54, 1.807) is 12.1 Å². The molecule has 0 spiro atoms. The van der Waals surface area contributed by atoms with E-state index in [9.17, 15) is 18.0 Å². The Bertz CT molecular complexity index is 1700. The summed E-state index contributed by atoms with van der Waals surface area (Å²) < 4.78 is 34.9. The van der Waals surface area contributed by atoms with Crippen molar-refractivity contribution >= 4 is 38.6 Å². The van der Waals surface area contributed by atoms with Crippen molar-refractivity contribution in [2.45, 2.75) is 55.6 Å². The molecule has 3 aromatic carbocycles. The van der Waals surface area contributed by atoms with Crippen LogP contribution in [0, 0.1) is 0 Å². The zero-order valence-electron chi connectivity index (χ0n) is 24.4. The van der Waals surface area contributed by atoms with E-state index in [-0.39, 0.29) is 36.5 Å². The lowest BCUT2D eigenvalue weighted by atomic mass is 9.94. The molecule has 0 unspecified atom stereocenters. The molecule has 1 saturated heterocycles. The monoisotopic (exact) mass is 616 g/mol. The number of aromatic nitrogens is 3. The molecule has 2 amide bonds. The Morgan fingerprint density at radius 2 is 1.59 bits per heavy atom. The number of nitrogens with one attached hydrogen (secondary N) is 1. The summed E-state index contributed by atoms with van der Waals surface area (Å²) in [6.45, 7) is 1.06. The molecule has 1 aliphatic carbocycles.